The molecule has 3 aromatic carbocycles. The van der Waals surface area contributed by atoms with Crippen molar-refractivity contribution in [3.63, 3.8) is 0 Å². The fraction of sp³-hybridized carbons (Fsp3) is 0.259. The molecule has 0 radical (unpaired) electrons. The maximum absolute atomic E-state index is 12.9. The third-order valence-corrected chi connectivity index (χ3v) is 6.51. The molecule has 0 aromatic heterocycles. The zero-order chi connectivity index (χ0) is 24.5. The molecule has 0 aliphatic heterocycles. The zero-order valence-electron chi connectivity index (χ0n) is 20.2. The van der Waals surface area contributed by atoms with E-state index in [0.717, 1.165) is 28.1 Å². The molecule has 6 nitrogen and oxygen atoms in total. The molecule has 0 aliphatic carbocycles. The first-order valence-corrected chi connectivity index (χ1v) is 12.1. The number of ether oxygens (including phenoxy) is 4. The van der Waals surface area contributed by atoms with E-state index in [-0.39, 0.29) is 0 Å². The third-order valence-electron chi connectivity index (χ3n) is 5.41. The van der Waals surface area contributed by atoms with Crippen molar-refractivity contribution in [2.24, 2.45) is 0 Å². The fourth-order valence-corrected chi connectivity index (χ4v) is 4.28. The predicted molar refractivity (Wildman–Crippen MR) is 137 cm³/mol. The number of benzene rings is 3. The normalized spacial score (nSPS) is 11.8. The van der Waals surface area contributed by atoms with Gasteiger partial charge in [0.05, 0.1) is 39.2 Å². The Balaban J connectivity index is 1.87. The van der Waals surface area contributed by atoms with Crippen LogP contribution in [0.2, 0.25) is 0 Å². The number of aryl methyl sites for hydroxylation is 1. The van der Waals surface area contributed by atoms with E-state index in [1.165, 1.54) is 0 Å². The number of rotatable bonds is 11. The first-order chi connectivity index (χ1) is 16.5. The van der Waals surface area contributed by atoms with Crippen LogP contribution in [-0.2, 0) is 17.2 Å². The van der Waals surface area contributed by atoms with Crippen LogP contribution in [0.5, 0.6) is 23.0 Å². The van der Waals surface area contributed by atoms with Crippen molar-refractivity contribution in [3.8, 4) is 23.0 Å². The van der Waals surface area contributed by atoms with Crippen molar-refractivity contribution in [1.29, 1.82) is 0 Å². The van der Waals surface area contributed by atoms with E-state index in [1.807, 2.05) is 78.7 Å². The second kappa shape index (κ2) is 12.1. The Hall–Kier alpha value is -3.45. The molecule has 0 heterocycles. The van der Waals surface area contributed by atoms with Gasteiger partial charge in [-0.15, -0.1) is 0 Å². The molecule has 0 fully saturated rings. The highest BCUT2D eigenvalue weighted by atomic mass is 32.2. The summed E-state index contributed by atoms with van der Waals surface area (Å²) in [7, 11) is 5.19. The van der Waals surface area contributed by atoms with Crippen LogP contribution in [0.15, 0.2) is 77.2 Å². The summed E-state index contributed by atoms with van der Waals surface area (Å²) in [4.78, 5) is 2.80. The number of nitrogens with zero attached hydrogens (tertiary/aromatic N) is 1. The summed E-state index contributed by atoms with van der Waals surface area (Å²) in [5.41, 5.74) is 3.12. The summed E-state index contributed by atoms with van der Waals surface area (Å²) < 4.78 is 34.5. The molecule has 0 spiro atoms. The van der Waals surface area contributed by atoms with E-state index in [2.05, 4.69) is 0 Å². The van der Waals surface area contributed by atoms with E-state index in [9.17, 15) is 4.21 Å². The van der Waals surface area contributed by atoms with Gasteiger partial charge in [-0.1, -0.05) is 23.8 Å². The van der Waals surface area contributed by atoms with E-state index in [4.69, 9.17) is 18.9 Å². The first kappa shape index (κ1) is 25.2. The number of anilines is 1. The Bertz CT molecular complexity index is 1140. The fourth-order valence-electron chi connectivity index (χ4n) is 3.46. The van der Waals surface area contributed by atoms with Gasteiger partial charge in [0.1, 0.15) is 0 Å². The lowest BCUT2D eigenvalue weighted by Gasteiger charge is -2.22. The van der Waals surface area contributed by atoms with E-state index in [1.54, 1.807) is 33.8 Å². The van der Waals surface area contributed by atoms with Crippen molar-refractivity contribution in [3.05, 3.63) is 83.4 Å². The molecule has 34 heavy (non-hydrogen) atoms. The van der Waals surface area contributed by atoms with Crippen LogP contribution in [0.1, 0.15) is 11.1 Å². The van der Waals surface area contributed by atoms with Crippen molar-refractivity contribution >= 4 is 16.5 Å². The first-order valence-electron chi connectivity index (χ1n) is 10.8. The molecule has 0 N–H and O–H groups in total. The Labute approximate surface area is 204 Å². The molecule has 0 aliphatic rings. The summed E-state index contributed by atoms with van der Waals surface area (Å²) in [6.45, 7) is 2.65. The Morgan fingerprint density at radius 3 is 1.97 bits per heavy atom. The third kappa shape index (κ3) is 6.32. The van der Waals surface area contributed by atoms with Gasteiger partial charge in [-0.05, 0) is 55.3 Å². The lowest BCUT2D eigenvalue weighted by molar-refractivity contribution is 0.354. The molecular weight excluding hydrogens is 450 g/mol. The molecule has 3 aromatic rings. The summed E-state index contributed by atoms with van der Waals surface area (Å²) in [6, 6.07) is 19.3. The lowest BCUT2D eigenvalue weighted by Crippen LogP contribution is -2.19. The van der Waals surface area contributed by atoms with Gasteiger partial charge in [-0.25, -0.2) is 4.21 Å². The minimum absolute atomic E-state index is 0.629. The van der Waals surface area contributed by atoms with Gasteiger partial charge in [-0.3, -0.25) is 0 Å². The summed E-state index contributed by atoms with van der Waals surface area (Å²) in [5, 5.41) is 1.70. The zero-order valence-corrected chi connectivity index (χ0v) is 21.1. The second-order valence-electron chi connectivity index (χ2n) is 7.57. The van der Waals surface area contributed by atoms with Crippen LogP contribution in [0.3, 0.4) is 0 Å². The van der Waals surface area contributed by atoms with Crippen LogP contribution >= 0.6 is 0 Å². The molecule has 0 saturated carbocycles. The average molecular weight is 482 g/mol. The van der Waals surface area contributed by atoms with Gasteiger partial charge in [0.2, 0.25) is 0 Å². The predicted octanol–water partition coefficient (Wildman–Crippen LogP) is 5.36. The van der Waals surface area contributed by atoms with Gasteiger partial charge in [0.15, 0.2) is 23.0 Å². The SMILES string of the molecule is COc1ccc(CCN(/C=C\[S@@](=O)c2ccc(C)cc2)c2ccc(OC)c(OC)c2)cc1OC. The van der Waals surface area contributed by atoms with E-state index >= 15 is 0 Å². The van der Waals surface area contributed by atoms with Crippen LogP contribution in [0.4, 0.5) is 5.69 Å². The Morgan fingerprint density at radius 2 is 1.35 bits per heavy atom. The average Bonchev–Trinajstić information content (AvgIpc) is 2.88. The highest BCUT2D eigenvalue weighted by Gasteiger charge is 2.12. The molecule has 0 amide bonds. The highest BCUT2D eigenvalue weighted by Crippen LogP contribution is 2.32. The topological polar surface area (TPSA) is 57.2 Å². The van der Waals surface area contributed by atoms with Gasteiger partial charge in [-0.2, -0.15) is 0 Å². The second-order valence-corrected chi connectivity index (χ2v) is 8.91. The molecule has 3 rings (SSSR count). The molecule has 0 bridgehead atoms. The van der Waals surface area contributed by atoms with E-state index < -0.39 is 10.8 Å². The summed E-state index contributed by atoms with van der Waals surface area (Å²) >= 11 is 0. The molecule has 180 valence electrons. The maximum Gasteiger partial charge on any atom is 0.162 e. The van der Waals surface area contributed by atoms with Gasteiger partial charge < -0.3 is 23.8 Å². The Kier molecular flexibility index (Phi) is 8.99. The summed E-state index contributed by atoms with van der Waals surface area (Å²) in [6.07, 6.45) is 2.59. The standard InChI is InChI=1S/C27H31NO5S/c1-20-6-10-23(11-7-20)34(29)17-16-28(22-9-13-25(31-3)27(19-22)33-5)15-14-21-8-12-24(30-2)26(18-21)32-4/h6-13,16-19H,14-15H2,1-5H3/b17-16-/t34-/m1/s1. The maximum atomic E-state index is 12.9. The van der Waals surface area contributed by atoms with Crippen molar-refractivity contribution in [1.82, 2.24) is 0 Å². The van der Waals surface area contributed by atoms with Crippen molar-refractivity contribution in [2.75, 3.05) is 39.9 Å². The van der Waals surface area contributed by atoms with Crippen LogP contribution in [0.25, 0.3) is 0 Å². The Morgan fingerprint density at radius 1 is 0.765 bits per heavy atom. The quantitative estimate of drug-likeness (QED) is 0.368. The summed E-state index contributed by atoms with van der Waals surface area (Å²) in [5.74, 6) is 2.66. The van der Waals surface area contributed by atoms with Crippen LogP contribution in [0, 0.1) is 6.92 Å². The number of hydrogen-bond acceptors (Lipinski definition) is 6. The molecule has 0 unspecified atom stereocenters. The largest absolute Gasteiger partial charge is 0.493 e. The number of hydrogen-bond donors (Lipinski definition) is 0. The molecule has 7 heteroatoms. The minimum Gasteiger partial charge on any atom is -0.493 e. The lowest BCUT2D eigenvalue weighted by atomic mass is 10.1. The monoisotopic (exact) mass is 481 g/mol. The molecular formula is C27H31NO5S. The van der Waals surface area contributed by atoms with E-state index in [0.29, 0.717) is 29.5 Å². The number of methoxy groups -OCH3 is 4. The molecule has 1 atom stereocenters. The smallest absolute Gasteiger partial charge is 0.162 e. The van der Waals surface area contributed by atoms with Crippen LogP contribution in [-0.4, -0.2) is 39.2 Å². The van der Waals surface area contributed by atoms with Gasteiger partial charge >= 0.3 is 0 Å². The highest BCUT2D eigenvalue weighted by molar-refractivity contribution is 7.88. The van der Waals surface area contributed by atoms with Crippen molar-refractivity contribution < 1.29 is 23.2 Å². The van der Waals surface area contributed by atoms with Crippen molar-refractivity contribution in [2.45, 2.75) is 18.2 Å². The van der Waals surface area contributed by atoms with Gasteiger partial charge in [0, 0.05) is 34.8 Å². The minimum atomic E-state index is -1.27. The van der Waals surface area contributed by atoms with Crippen LogP contribution < -0.4 is 23.8 Å². The van der Waals surface area contributed by atoms with Gasteiger partial charge in [0.25, 0.3) is 0 Å². The molecule has 0 saturated heterocycles.